The van der Waals surface area contributed by atoms with E-state index in [4.69, 9.17) is 4.74 Å². The summed E-state index contributed by atoms with van der Waals surface area (Å²) in [7, 11) is 0. The lowest BCUT2D eigenvalue weighted by Gasteiger charge is -2.23. The van der Waals surface area contributed by atoms with Gasteiger partial charge in [0.2, 0.25) is 0 Å². The molecule has 0 fully saturated rings. The summed E-state index contributed by atoms with van der Waals surface area (Å²) in [6, 6.07) is 22.7. The quantitative estimate of drug-likeness (QED) is 0.144. The molecule has 0 radical (unpaired) electrons. The lowest BCUT2D eigenvalue weighted by atomic mass is 9.80. The summed E-state index contributed by atoms with van der Waals surface area (Å²) < 4.78 is 8.24. The summed E-state index contributed by atoms with van der Waals surface area (Å²) in [5, 5.41) is 0.981. The smallest absolute Gasteiger partial charge is 0.170 e. The van der Waals surface area contributed by atoms with Crippen molar-refractivity contribution in [2.75, 3.05) is 6.61 Å². The van der Waals surface area contributed by atoms with Gasteiger partial charge in [-0.1, -0.05) is 68.4 Å². The number of aryl methyl sites for hydroxylation is 3. The molecule has 3 aromatic carbocycles. The van der Waals surface area contributed by atoms with Crippen LogP contribution >= 0.6 is 0 Å². The predicted molar refractivity (Wildman–Crippen MR) is 155 cm³/mol. The fraction of sp³-hybridized carbons (Fsp3) is 0.353. The Morgan fingerprint density at radius 2 is 1.71 bits per heavy atom. The zero-order valence-electron chi connectivity index (χ0n) is 23.3. The third kappa shape index (κ3) is 6.42. The Kier molecular flexibility index (Phi) is 8.51. The molecule has 4 aromatic rings. The van der Waals surface area contributed by atoms with Gasteiger partial charge in [-0.2, -0.15) is 0 Å². The van der Waals surface area contributed by atoms with Gasteiger partial charge >= 0.3 is 0 Å². The summed E-state index contributed by atoms with van der Waals surface area (Å²) >= 11 is 0. The molecule has 4 rings (SSSR count). The monoisotopic (exact) mass is 509 g/mol. The Bertz CT molecular complexity index is 1430. The molecule has 0 spiro atoms. The van der Waals surface area contributed by atoms with E-state index in [0.717, 1.165) is 46.2 Å². The number of carbonyl (C=O) groups is 2. The highest BCUT2D eigenvalue weighted by Crippen LogP contribution is 2.34. The van der Waals surface area contributed by atoms with Gasteiger partial charge in [-0.25, -0.2) is 0 Å². The average Bonchev–Trinajstić information content (AvgIpc) is 3.26. The molecule has 38 heavy (non-hydrogen) atoms. The number of fused-ring (bicyclic) bond motifs is 1. The topological polar surface area (TPSA) is 48.3 Å². The van der Waals surface area contributed by atoms with E-state index >= 15 is 0 Å². The first-order chi connectivity index (χ1) is 18.2. The second-order valence-electron chi connectivity index (χ2n) is 11.1. The number of Topliss-reactive ketones (excluding diaryl/α,β-unsaturated/α-hetero) is 2. The second kappa shape index (κ2) is 11.8. The van der Waals surface area contributed by atoms with Crippen LogP contribution in [0, 0.1) is 19.3 Å². The molecule has 0 aliphatic rings. The summed E-state index contributed by atoms with van der Waals surface area (Å²) in [5.41, 5.74) is 5.76. The SMILES string of the molecule is CC(=O)CCc1cccc2c1c(C(=O)C(C)(C)CCCOc1cc(C)ccc1C)cn2Cc1ccccc1. The molecule has 4 nitrogen and oxygen atoms in total. The van der Waals surface area contributed by atoms with Gasteiger partial charge < -0.3 is 14.1 Å². The molecule has 0 amide bonds. The van der Waals surface area contributed by atoms with Crippen molar-refractivity contribution in [3.05, 3.63) is 101 Å². The number of aromatic nitrogens is 1. The maximum Gasteiger partial charge on any atom is 0.170 e. The maximum atomic E-state index is 14.1. The highest BCUT2D eigenvalue weighted by molar-refractivity contribution is 6.11. The van der Waals surface area contributed by atoms with Crippen LogP contribution in [-0.2, 0) is 17.8 Å². The van der Waals surface area contributed by atoms with Crippen molar-refractivity contribution < 1.29 is 14.3 Å². The van der Waals surface area contributed by atoms with Crippen molar-refractivity contribution in [1.29, 1.82) is 0 Å². The van der Waals surface area contributed by atoms with Gasteiger partial charge in [-0.15, -0.1) is 0 Å². The van der Waals surface area contributed by atoms with Crippen LogP contribution in [-0.4, -0.2) is 22.7 Å². The first-order valence-electron chi connectivity index (χ1n) is 13.5. The summed E-state index contributed by atoms with van der Waals surface area (Å²) in [6.07, 6.45) is 4.62. The van der Waals surface area contributed by atoms with Crippen LogP contribution in [0.2, 0.25) is 0 Å². The number of ketones is 2. The van der Waals surface area contributed by atoms with Crippen LogP contribution in [0.3, 0.4) is 0 Å². The third-order valence-electron chi connectivity index (χ3n) is 7.34. The molecule has 0 N–H and O–H groups in total. The van der Waals surface area contributed by atoms with Crippen molar-refractivity contribution in [3.8, 4) is 5.75 Å². The van der Waals surface area contributed by atoms with E-state index < -0.39 is 5.41 Å². The molecular weight excluding hydrogens is 470 g/mol. The molecule has 0 atom stereocenters. The van der Waals surface area contributed by atoms with E-state index in [9.17, 15) is 9.59 Å². The molecule has 0 unspecified atom stereocenters. The highest BCUT2D eigenvalue weighted by atomic mass is 16.5. The Labute approximate surface area is 226 Å². The standard InChI is InChI=1S/C34H39NO3/c1-24-15-16-25(2)31(21-24)38-20-10-19-34(4,5)33(37)29-23-35(22-27-11-7-6-8-12-27)30-14-9-13-28(32(29)30)18-17-26(3)36/h6-9,11-16,21,23H,10,17-20,22H2,1-5H3. The molecule has 1 aromatic heterocycles. The van der Waals surface area contributed by atoms with Crippen molar-refractivity contribution >= 4 is 22.5 Å². The zero-order chi connectivity index (χ0) is 27.3. The zero-order valence-corrected chi connectivity index (χ0v) is 23.3. The molecule has 4 heteroatoms. The number of hydrogen-bond acceptors (Lipinski definition) is 3. The molecule has 0 aliphatic carbocycles. The van der Waals surface area contributed by atoms with E-state index in [-0.39, 0.29) is 11.6 Å². The largest absolute Gasteiger partial charge is 0.493 e. The van der Waals surface area contributed by atoms with E-state index in [1.807, 2.05) is 44.3 Å². The normalized spacial score (nSPS) is 11.6. The summed E-state index contributed by atoms with van der Waals surface area (Å²) in [5.74, 6) is 1.20. The predicted octanol–water partition coefficient (Wildman–Crippen LogP) is 7.90. The van der Waals surface area contributed by atoms with Crippen LogP contribution in [0.1, 0.15) is 72.6 Å². The molecule has 0 aliphatic heterocycles. The number of ether oxygens (including phenoxy) is 1. The van der Waals surface area contributed by atoms with Gasteiger partial charge in [0.1, 0.15) is 11.5 Å². The lowest BCUT2D eigenvalue weighted by Crippen LogP contribution is -2.25. The number of rotatable bonds is 12. The van der Waals surface area contributed by atoms with Crippen molar-refractivity contribution in [2.24, 2.45) is 5.41 Å². The summed E-state index contributed by atoms with van der Waals surface area (Å²) in [4.78, 5) is 25.9. The fourth-order valence-corrected chi connectivity index (χ4v) is 5.07. The molecule has 0 saturated carbocycles. The summed E-state index contributed by atoms with van der Waals surface area (Å²) in [6.45, 7) is 11.1. The third-order valence-corrected chi connectivity index (χ3v) is 7.34. The minimum absolute atomic E-state index is 0.135. The molecule has 0 saturated heterocycles. The van der Waals surface area contributed by atoms with Crippen LogP contribution in [0.15, 0.2) is 72.9 Å². The number of hydrogen-bond donors (Lipinski definition) is 0. The van der Waals surface area contributed by atoms with Gasteiger partial charge in [0.15, 0.2) is 5.78 Å². The van der Waals surface area contributed by atoms with Crippen LogP contribution in [0.4, 0.5) is 0 Å². The minimum Gasteiger partial charge on any atom is -0.493 e. The van der Waals surface area contributed by atoms with Crippen LogP contribution in [0.25, 0.3) is 10.9 Å². The van der Waals surface area contributed by atoms with Gasteiger partial charge in [0.05, 0.1) is 6.61 Å². The van der Waals surface area contributed by atoms with E-state index in [0.29, 0.717) is 26.0 Å². The molecule has 0 bridgehead atoms. The Morgan fingerprint density at radius 3 is 2.45 bits per heavy atom. The van der Waals surface area contributed by atoms with Gasteiger partial charge in [-0.05, 0) is 74.4 Å². The van der Waals surface area contributed by atoms with Crippen molar-refractivity contribution in [2.45, 2.75) is 66.8 Å². The Hall–Kier alpha value is -3.66. The first-order valence-corrected chi connectivity index (χ1v) is 13.5. The maximum absolute atomic E-state index is 14.1. The number of benzene rings is 3. The van der Waals surface area contributed by atoms with Crippen molar-refractivity contribution in [1.82, 2.24) is 4.57 Å². The Balaban J connectivity index is 1.59. The first kappa shape index (κ1) is 27.4. The highest BCUT2D eigenvalue weighted by Gasteiger charge is 2.31. The molecule has 1 heterocycles. The fourth-order valence-electron chi connectivity index (χ4n) is 5.07. The average molecular weight is 510 g/mol. The number of carbonyl (C=O) groups excluding carboxylic acids is 2. The second-order valence-corrected chi connectivity index (χ2v) is 11.1. The van der Waals surface area contributed by atoms with Gasteiger partial charge in [-0.3, -0.25) is 4.79 Å². The van der Waals surface area contributed by atoms with Gasteiger partial charge in [0, 0.05) is 41.0 Å². The van der Waals surface area contributed by atoms with E-state index in [1.165, 1.54) is 11.1 Å². The lowest BCUT2D eigenvalue weighted by molar-refractivity contribution is -0.116. The molecule has 198 valence electrons. The van der Waals surface area contributed by atoms with Crippen molar-refractivity contribution in [3.63, 3.8) is 0 Å². The van der Waals surface area contributed by atoms with E-state index in [1.54, 1.807) is 6.92 Å². The number of nitrogens with zero attached hydrogens (tertiary/aromatic N) is 1. The molecular formula is C34H39NO3. The van der Waals surface area contributed by atoms with E-state index in [2.05, 4.69) is 60.9 Å². The van der Waals surface area contributed by atoms with Crippen LogP contribution < -0.4 is 4.74 Å². The van der Waals surface area contributed by atoms with Gasteiger partial charge in [0.25, 0.3) is 0 Å². The minimum atomic E-state index is -0.551. The Morgan fingerprint density at radius 1 is 0.947 bits per heavy atom. The van der Waals surface area contributed by atoms with Crippen LogP contribution in [0.5, 0.6) is 5.75 Å².